The highest BCUT2D eigenvalue weighted by Crippen LogP contribution is 2.25. The number of quaternary nitrogens is 1. The summed E-state index contributed by atoms with van der Waals surface area (Å²) in [6.07, 6.45) is 3.22. The summed E-state index contributed by atoms with van der Waals surface area (Å²) in [5, 5.41) is 2.96. The van der Waals surface area contributed by atoms with Crippen LogP contribution < -0.4 is 15.8 Å². The van der Waals surface area contributed by atoms with E-state index in [1.165, 1.54) is 4.90 Å². The van der Waals surface area contributed by atoms with Gasteiger partial charge in [-0.15, -0.1) is 0 Å². The molecule has 1 amide bonds. The van der Waals surface area contributed by atoms with Crippen LogP contribution >= 0.6 is 0 Å². The summed E-state index contributed by atoms with van der Waals surface area (Å²) in [6, 6.07) is 9.86. The van der Waals surface area contributed by atoms with Crippen LogP contribution in [0.4, 0.5) is 0 Å². The van der Waals surface area contributed by atoms with Crippen LogP contribution in [-0.2, 0) is 19.5 Å². The van der Waals surface area contributed by atoms with E-state index in [4.69, 9.17) is 0 Å². The molecule has 3 heterocycles. The van der Waals surface area contributed by atoms with Crippen molar-refractivity contribution in [2.75, 3.05) is 27.2 Å². The van der Waals surface area contributed by atoms with Gasteiger partial charge >= 0.3 is 0 Å². The molecule has 1 aliphatic rings. The predicted molar refractivity (Wildman–Crippen MR) is 108 cm³/mol. The maximum Gasteiger partial charge on any atom is 0.278 e. The van der Waals surface area contributed by atoms with Crippen molar-refractivity contribution in [3.05, 3.63) is 63.8 Å². The number of rotatable bonds is 5. The molecule has 0 saturated heterocycles. The van der Waals surface area contributed by atoms with Gasteiger partial charge in [-0.3, -0.25) is 14.2 Å². The van der Waals surface area contributed by atoms with E-state index in [-0.39, 0.29) is 11.5 Å². The first kappa shape index (κ1) is 18.4. The molecule has 2 N–H and O–H groups in total. The number of carbonyl (C=O) groups is 1. The van der Waals surface area contributed by atoms with Gasteiger partial charge in [0.05, 0.1) is 45.6 Å². The molecule has 0 saturated carbocycles. The van der Waals surface area contributed by atoms with Crippen molar-refractivity contribution in [1.82, 2.24) is 19.4 Å². The molecule has 146 valence electrons. The number of hydrogen-bond acceptors (Lipinski definition) is 3. The number of aryl methyl sites for hydroxylation is 1. The second kappa shape index (κ2) is 7.59. The summed E-state index contributed by atoms with van der Waals surface area (Å²) >= 11 is 0. The zero-order valence-electron chi connectivity index (χ0n) is 16.4. The topological polar surface area (TPSA) is 73.4 Å². The van der Waals surface area contributed by atoms with Crippen molar-refractivity contribution in [3.63, 3.8) is 0 Å². The summed E-state index contributed by atoms with van der Waals surface area (Å²) in [4.78, 5) is 32.0. The Morgan fingerprint density at radius 2 is 1.96 bits per heavy atom. The fourth-order valence-electron chi connectivity index (χ4n) is 3.83. The molecular formula is C21H26N5O2+. The zero-order chi connectivity index (χ0) is 19.7. The smallest absolute Gasteiger partial charge is 0.278 e. The van der Waals surface area contributed by atoms with E-state index in [0.29, 0.717) is 36.4 Å². The Kier molecular flexibility index (Phi) is 5.00. The van der Waals surface area contributed by atoms with Crippen molar-refractivity contribution in [2.45, 2.75) is 25.9 Å². The van der Waals surface area contributed by atoms with Gasteiger partial charge in [0.25, 0.3) is 11.5 Å². The van der Waals surface area contributed by atoms with Crippen LogP contribution in [-0.4, -0.2) is 47.2 Å². The zero-order valence-corrected chi connectivity index (χ0v) is 16.4. The van der Waals surface area contributed by atoms with Crippen molar-refractivity contribution < 1.29 is 9.69 Å². The molecule has 7 nitrogen and oxygen atoms in total. The van der Waals surface area contributed by atoms with Crippen molar-refractivity contribution >= 4 is 16.9 Å². The fraction of sp³-hybridized carbons (Fsp3) is 0.381. The molecule has 0 bridgehead atoms. The van der Waals surface area contributed by atoms with Crippen LogP contribution in [0.2, 0.25) is 0 Å². The van der Waals surface area contributed by atoms with Gasteiger partial charge in [0.1, 0.15) is 11.2 Å². The third kappa shape index (κ3) is 3.33. The summed E-state index contributed by atoms with van der Waals surface area (Å²) in [6.45, 7) is 2.53. The Bertz CT molecular complexity index is 1070. The lowest BCUT2D eigenvalue weighted by molar-refractivity contribution is -0.858. The molecule has 0 spiro atoms. The Morgan fingerprint density at radius 1 is 1.18 bits per heavy atom. The number of likely N-dealkylation sites (N-methyl/N-ethyl adjacent to an activating group) is 1. The van der Waals surface area contributed by atoms with Crippen LogP contribution in [0.5, 0.6) is 0 Å². The van der Waals surface area contributed by atoms with E-state index < -0.39 is 0 Å². The SMILES string of the molecule is C[NH+](C)CCn1c2c(c3ncn(Cc4ccccc4)c(=O)c31)CCCNC2=O. The van der Waals surface area contributed by atoms with Crippen molar-refractivity contribution in [2.24, 2.45) is 0 Å². The number of benzene rings is 1. The molecule has 28 heavy (non-hydrogen) atoms. The second-order valence-corrected chi connectivity index (χ2v) is 7.66. The lowest BCUT2D eigenvalue weighted by Crippen LogP contribution is -3.06. The van der Waals surface area contributed by atoms with Gasteiger partial charge in [-0.05, 0) is 18.4 Å². The van der Waals surface area contributed by atoms with E-state index in [0.717, 1.165) is 30.5 Å². The first-order valence-corrected chi connectivity index (χ1v) is 9.78. The first-order chi connectivity index (χ1) is 13.6. The summed E-state index contributed by atoms with van der Waals surface area (Å²) < 4.78 is 3.53. The summed E-state index contributed by atoms with van der Waals surface area (Å²) in [5.41, 5.74) is 3.68. The van der Waals surface area contributed by atoms with Gasteiger partial charge in [0, 0.05) is 12.1 Å². The molecule has 1 aromatic carbocycles. The number of nitrogens with one attached hydrogen (secondary N) is 2. The third-order valence-corrected chi connectivity index (χ3v) is 5.26. The average molecular weight is 380 g/mol. The largest absolute Gasteiger partial charge is 0.351 e. The maximum atomic E-state index is 13.4. The number of amides is 1. The van der Waals surface area contributed by atoms with Crippen LogP contribution in [0.15, 0.2) is 41.5 Å². The molecule has 0 fully saturated rings. The van der Waals surface area contributed by atoms with E-state index in [1.807, 2.05) is 34.9 Å². The average Bonchev–Trinajstić information content (AvgIpc) is 2.88. The highest BCUT2D eigenvalue weighted by atomic mass is 16.2. The third-order valence-electron chi connectivity index (χ3n) is 5.26. The molecule has 3 aromatic rings. The molecule has 4 rings (SSSR count). The molecule has 0 radical (unpaired) electrons. The minimum Gasteiger partial charge on any atom is -0.351 e. The lowest BCUT2D eigenvalue weighted by Gasteiger charge is -2.13. The Balaban J connectivity index is 1.89. The van der Waals surface area contributed by atoms with Crippen molar-refractivity contribution in [3.8, 4) is 0 Å². The van der Waals surface area contributed by atoms with E-state index in [2.05, 4.69) is 24.4 Å². The van der Waals surface area contributed by atoms with Gasteiger partial charge in [0.2, 0.25) is 0 Å². The van der Waals surface area contributed by atoms with Crippen molar-refractivity contribution in [1.29, 1.82) is 0 Å². The van der Waals surface area contributed by atoms with E-state index in [9.17, 15) is 9.59 Å². The van der Waals surface area contributed by atoms with Crippen LogP contribution in [0.25, 0.3) is 11.0 Å². The van der Waals surface area contributed by atoms with Crippen LogP contribution in [0.3, 0.4) is 0 Å². The number of hydrogen-bond donors (Lipinski definition) is 2. The standard InChI is InChI=1S/C21H25N5O2/c1-24(2)11-12-26-18-16(9-6-10-22-20(18)27)17-19(26)21(28)25(14-23-17)13-15-7-4-3-5-8-15/h3-5,7-8,14H,6,9-13H2,1-2H3,(H,22,27)/p+1. The number of aromatic nitrogens is 3. The summed E-state index contributed by atoms with van der Waals surface area (Å²) in [5.74, 6) is -0.103. The van der Waals surface area contributed by atoms with Crippen LogP contribution in [0.1, 0.15) is 28.0 Å². The quantitative estimate of drug-likeness (QED) is 0.658. The number of nitrogens with zero attached hydrogens (tertiary/aromatic N) is 3. The maximum absolute atomic E-state index is 13.4. The normalized spacial score (nSPS) is 14.2. The molecular weight excluding hydrogens is 354 g/mol. The molecule has 0 aliphatic carbocycles. The fourth-order valence-corrected chi connectivity index (χ4v) is 3.83. The monoisotopic (exact) mass is 380 g/mol. The summed E-state index contributed by atoms with van der Waals surface area (Å²) in [7, 11) is 4.13. The number of fused-ring (bicyclic) bond motifs is 3. The molecule has 0 unspecified atom stereocenters. The van der Waals surface area contributed by atoms with Gasteiger partial charge < -0.3 is 14.8 Å². The highest BCUT2D eigenvalue weighted by molar-refractivity contribution is 6.00. The minimum atomic E-state index is -0.103. The first-order valence-electron chi connectivity index (χ1n) is 9.78. The predicted octanol–water partition coefficient (Wildman–Crippen LogP) is 0.0668. The van der Waals surface area contributed by atoms with Gasteiger partial charge in [0.15, 0.2) is 0 Å². The Hall–Kier alpha value is -2.93. The van der Waals surface area contributed by atoms with E-state index >= 15 is 0 Å². The highest BCUT2D eigenvalue weighted by Gasteiger charge is 2.27. The van der Waals surface area contributed by atoms with Crippen LogP contribution in [0, 0.1) is 0 Å². The molecule has 7 heteroatoms. The van der Waals surface area contributed by atoms with E-state index in [1.54, 1.807) is 10.9 Å². The van der Waals surface area contributed by atoms with Gasteiger partial charge in [-0.1, -0.05) is 30.3 Å². The Morgan fingerprint density at radius 3 is 2.71 bits per heavy atom. The van der Waals surface area contributed by atoms with Gasteiger partial charge in [-0.25, -0.2) is 4.98 Å². The second-order valence-electron chi connectivity index (χ2n) is 7.66. The minimum absolute atomic E-state index is 0.0940. The van der Waals surface area contributed by atoms with Gasteiger partial charge in [-0.2, -0.15) is 0 Å². The molecule has 2 aromatic heterocycles. The number of carbonyl (C=O) groups excluding carboxylic acids is 1. The lowest BCUT2D eigenvalue weighted by atomic mass is 10.1. The molecule has 0 atom stereocenters. The Labute approximate surface area is 163 Å². The molecule has 1 aliphatic heterocycles.